The van der Waals surface area contributed by atoms with Crippen LogP contribution in [0, 0.1) is 11.6 Å². The molecule has 2 rings (SSSR count). The zero-order valence-electron chi connectivity index (χ0n) is 11.7. The third kappa shape index (κ3) is 2.71. The highest BCUT2D eigenvalue weighted by molar-refractivity contribution is 6.00. The first-order valence-electron chi connectivity index (χ1n) is 6.53. The van der Waals surface area contributed by atoms with E-state index in [1.165, 1.54) is 12.1 Å². The molecule has 108 valence electrons. The van der Waals surface area contributed by atoms with Crippen LogP contribution in [0.1, 0.15) is 50.7 Å². The molecule has 0 unspecified atom stereocenters. The van der Waals surface area contributed by atoms with Gasteiger partial charge in [-0.2, -0.15) is 0 Å². The maximum absolute atomic E-state index is 14.2. The summed E-state index contributed by atoms with van der Waals surface area (Å²) in [7, 11) is 0. The Morgan fingerprint density at radius 3 is 2.15 bits per heavy atom. The first-order chi connectivity index (χ1) is 9.20. The van der Waals surface area contributed by atoms with Gasteiger partial charge in [0, 0.05) is 12.0 Å². The summed E-state index contributed by atoms with van der Waals surface area (Å²) in [6.45, 7) is 5.56. The van der Waals surface area contributed by atoms with E-state index in [-0.39, 0.29) is 23.8 Å². The molecule has 0 spiro atoms. The Morgan fingerprint density at radius 2 is 1.70 bits per heavy atom. The van der Waals surface area contributed by atoms with Crippen LogP contribution in [0.4, 0.5) is 8.78 Å². The van der Waals surface area contributed by atoms with Crippen molar-refractivity contribution in [2.75, 3.05) is 0 Å². The lowest BCUT2D eigenvalue weighted by Crippen LogP contribution is -2.40. The predicted octanol–water partition coefficient (Wildman–Crippen LogP) is 2.78. The Balaban J connectivity index is 2.43. The fourth-order valence-corrected chi connectivity index (χ4v) is 2.32. The molecule has 0 saturated carbocycles. The summed E-state index contributed by atoms with van der Waals surface area (Å²) < 4.78 is 28.4. The van der Waals surface area contributed by atoms with Crippen molar-refractivity contribution in [2.45, 2.75) is 44.9 Å². The van der Waals surface area contributed by atoms with Gasteiger partial charge < -0.3 is 0 Å². The molecule has 1 heterocycles. The van der Waals surface area contributed by atoms with Crippen LogP contribution in [0.25, 0.3) is 0 Å². The average Bonchev–Trinajstić information content (AvgIpc) is 2.29. The van der Waals surface area contributed by atoms with Gasteiger partial charge in [0.05, 0.1) is 5.92 Å². The lowest BCUT2D eigenvalue weighted by molar-refractivity contribution is -0.134. The second-order valence-electron chi connectivity index (χ2n) is 6.11. The number of hydrogen-bond donors (Lipinski definition) is 1. The molecule has 1 atom stereocenters. The fraction of sp³-hybridized carbons (Fsp3) is 0.467. The molecule has 0 radical (unpaired) electrons. The molecule has 3 nitrogen and oxygen atoms in total. The van der Waals surface area contributed by atoms with Crippen LogP contribution in [0.15, 0.2) is 12.1 Å². The van der Waals surface area contributed by atoms with Gasteiger partial charge in [-0.1, -0.05) is 20.8 Å². The van der Waals surface area contributed by atoms with E-state index in [9.17, 15) is 18.4 Å². The van der Waals surface area contributed by atoms with E-state index in [1.54, 1.807) is 0 Å². The van der Waals surface area contributed by atoms with Crippen LogP contribution >= 0.6 is 0 Å². The number of piperidine rings is 1. The zero-order chi connectivity index (χ0) is 15.1. The molecule has 1 saturated heterocycles. The summed E-state index contributed by atoms with van der Waals surface area (Å²) in [5.74, 6) is -3.45. The van der Waals surface area contributed by atoms with Gasteiger partial charge in [0.2, 0.25) is 11.8 Å². The quantitative estimate of drug-likeness (QED) is 0.805. The highest BCUT2D eigenvalue weighted by atomic mass is 19.1. The Bertz CT molecular complexity index is 553. The molecule has 20 heavy (non-hydrogen) atoms. The van der Waals surface area contributed by atoms with E-state index in [0.29, 0.717) is 5.56 Å². The van der Waals surface area contributed by atoms with Gasteiger partial charge in [-0.15, -0.1) is 0 Å². The van der Waals surface area contributed by atoms with Crippen molar-refractivity contribution in [3.63, 3.8) is 0 Å². The lowest BCUT2D eigenvalue weighted by atomic mass is 9.83. The number of carbonyl (C=O) groups excluding carboxylic acids is 2. The predicted molar refractivity (Wildman–Crippen MR) is 70.2 cm³/mol. The van der Waals surface area contributed by atoms with Crippen LogP contribution in [0.2, 0.25) is 0 Å². The SMILES string of the molecule is CC(C)(C)c1cc(F)c([C@H]2CCC(=O)NC2=O)c(F)c1. The number of carbonyl (C=O) groups is 2. The summed E-state index contributed by atoms with van der Waals surface area (Å²) in [6.07, 6.45) is 0.226. The van der Waals surface area contributed by atoms with Crippen LogP contribution in [0.3, 0.4) is 0 Å². The second kappa shape index (κ2) is 4.96. The van der Waals surface area contributed by atoms with Gasteiger partial charge in [-0.05, 0) is 29.5 Å². The maximum Gasteiger partial charge on any atom is 0.234 e. The first-order valence-corrected chi connectivity index (χ1v) is 6.53. The van der Waals surface area contributed by atoms with Gasteiger partial charge in [-0.25, -0.2) is 8.78 Å². The minimum atomic E-state index is -0.943. The van der Waals surface area contributed by atoms with Crippen molar-refractivity contribution in [1.82, 2.24) is 5.32 Å². The van der Waals surface area contributed by atoms with Crippen molar-refractivity contribution in [1.29, 1.82) is 0 Å². The van der Waals surface area contributed by atoms with E-state index >= 15 is 0 Å². The number of amides is 2. The first kappa shape index (κ1) is 14.6. The minimum Gasteiger partial charge on any atom is -0.296 e. The number of benzene rings is 1. The van der Waals surface area contributed by atoms with Crippen molar-refractivity contribution in [3.05, 3.63) is 34.9 Å². The third-order valence-corrected chi connectivity index (χ3v) is 3.53. The summed E-state index contributed by atoms with van der Waals surface area (Å²) in [5.41, 5.74) is -0.100. The Hall–Kier alpha value is -1.78. The number of nitrogens with one attached hydrogen (secondary N) is 1. The fourth-order valence-electron chi connectivity index (χ4n) is 2.32. The van der Waals surface area contributed by atoms with Gasteiger partial charge >= 0.3 is 0 Å². The van der Waals surface area contributed by atoms with Gasteiger partial charge in [0.15, 0.2) is 0 Å². The molecule has 0 aromatic heterocycles. The summed E-state index contributed by atoms with van der Waals surface area (Å²) >= 11 is 0. The number of hydrogen-bond acceptors (Lipinski definition) is 2. The summed E-state index contributed by atoms with van der Waals surface area (Å²) in [4.78, 5) is 22.8. The number of rotatable bonds is 1. The van der Waals surface area contributed by atoms with Gasteiger partial charge in [0.1, 0.15) is 11.6 Å². The molecular weight excluding hydrogens is 264 g/mol. The highest BCUT2D eigenvalue weighted by Gasteiger charge is 2.33. The normalized spacial score (nSPS) is 19.9. The minimum absolute atomic E-state index is 0.0936. The molecule has 1 aromatic carbocycles. The van der Waals surface area contributed by atoms with Crippen LogP contribution in [-0.2, 0) is 15.0 Å². The molecule has 1 aliphatic heterocycles. The Labute approximate surface area is 116 Å². The van der Waals surface area contributed by atoms with Crippen LogP contribution < -0.4 is 5.32 Å². The Morgan fingerprint density at radius 1 is 1.15 bits per heavy atom. The van der Waals surface area contributed by atoms with E-state index in [4.69, 9.17) is 0 Å². The zero-order valence-corrected chi connectivity index (χ0v) is 11.7. The molecule has 0 bridgehead atoms. The van der Waals surface area contributed by atoms with Gasteiger partial charge in [-0.3, -0.25) is 14.9 Å². The smallest absolute Gasteiger partial charge is 0.234 e. The number of halogens is 2. The Kier molecular flexibility index (Phi) is 3.63. The average molecular weight is 281 g/mol. The summed E-state index contributed by atoms with van der Waals surface area (Å²) in [5, 5.41) is 2.12. The monoisotopic (exact) mass is 281 g/mol. The van der Waals surface area contributed by atoms with E-state index in [2.05, 4.69) is 5.32 Å². The van der Waals surface area contributed by atoms with Crippen molar-refractivity contribution in [2.24, 2.45) is 0 Å². The van der Waals surface area contributed by atoms with E-state index in [1.807, 2.05) is 20.8 Å². The summed E-state index contributed by atoms with van der Waals surface area (Å²) in [6, 6.07) is 2.53. The number of imide groups is 1. The van der Waals surface area contributed by atoms with E-state index in [0.717, 1.165) is 0 Å². The molecule has 2 amide bonds. The van der Waals surface area contributed by atoms with Crippen LogP contribution in [-0.4, -0.2) is 11.8 Å². The topological polar surface area (TPSA) is 46.2 Å². The standard InChI is InChI=1S/C15H17F2NO2/c1-15(2,3)8-6-10(16)13(11(17)7-8)9-4-5-12(19)18-14(9)20/h6-7,9H,4-5H2,1-3H3,(H,18,19,20)/t9-/m1/s1. The molecular formula is C15H17F2NO2. The largest absolute Gasteiger partial charge is 0.296 e. The second-order valence-corrected chi connectivity index (χ2v) is 6.11. The maximum atomic E-state index is 14.2. The van der Waals surface area contributed by atoms with Crippen molar-refractivity contribution >= 4 is 11.8 Å². The molecule has 0 aliphatic carbocycles. The molecule has 1 fully saturated rings. The van der Waals surface area contributed by atoms with E-state index < -0.39 is 29.4 Å². The van der Waals surface area contributed by atoms with Gasteiger partial charge in [0.25, 0.3) is 0 Å². The molecule has 1 aromatic rings. The molecule has 1 N–H and O–H groups in total. The molecule has 1 aliphatic rings. The third-order valence-electron chi connectivity index (χ3n) is 3.53. The van der Waals surface area contributed by atoms with Crippen LogP contribution in [0.5, 0.6) is 0 Å². The van der Waals surface area contributed by atoms with Crippen molar-refractivity contribution in [3.8, 4) is 0 Å². The molecule has 5 heteroatoms. The lowest BCUT2D eigenvalue weighted by Gasteiger charge is -2.24. The highest BCUT2D eigenvalue weighted by Crippen LogP contribution is 2.32. The van der Waals surface area contributed by atoms with Crippen molar-refractivity contribution < 1.29 is 18.4 Å².